The summed E-state index contributed by atoms with van der Waals surface area (Å²) in [6, 6.07) is 32.1. The number of allylic oxidation sites excluding steroid dienone is 1. The van der Waals surface area contributed by atoms with E-state index in [9.17, 15) is 5.26 Å². The SMILES string of the molecule is COC1=C(C#N)C(c2ccccc2)=NP(c2ccccc2)(c2ccccc2)=N1. The molecule has 3 aromatic carbocycles. The minimum atomic E-state index is -2.56. The number of hydrogen-bond acceptors (Lipinski definition) is 4. The third kappa shape index (κ3) is 3.07. The van der Waals surface area contributed by atoms with Crippen LogP contribution in [0.15, 0.2) is 112 Å². The van der Waals surface area contributed by atoms with Crippen molar-refractivity contribution in [2.24, 2.45) is 9.51 Å². The van der Waals surface area contributed by atoms with Crippen LogP contribution in [0.1, 0.15) is 5.56 Å². The van der Waals surface area contributed by atoms with Gasteiger partial charge in [0, 0.05) is 16.2 Å². The Hall–Kier alpha value is -3.41. The van der Waals surface area contributed by atoms with Gasteiger partial charge in [-0.25, -0.2) is 4.76 Å². The molecule has 0 aromatic heterocycles. The largest absolute Gasteiger partial charge is 0.480 e. The Kier molecular flexibility index (Phi) is 4.93. The second-order valence-electron chi connectivity index (χ2n) is 6.18. The summed E-state index contributed by atoms with van der Waals surface area (Å²) < 4.78 is 15.7. The molecular formula is C23H18N3OP. The first-order chi connectivity index (χ1) is 13.8. The fourth-order valence-electron chi connectivity index (χ4n) is 3.19. The summed E-state index contributed by atoms with van der Waals surface area (Å²) in [5, 5.41) is 11.8. The van der Waals surface area contributed by atoms with Crippen molar-refractivity contribution in [1.29, 1.82) is 5.26 Å². The molecule has 0 saturated carbocycles. The van der Waals surface area contributed by atoms with E-state index in [1.165, 1.54) is 0 Å². The molecule has 1 heterocycles. The summed E-state index contributed by atoms with van der Waals surface area (Å²) in [5.74, 6) is 0.331. The van der Waals surface area contributed by atoms with Gasteiger partial charge >= 0.3 is 0 Å². The molecule has 1 aliphatic rings. The van der Waals surface area contributed by atoms with Crippen LogP contribution in [-0.4, -0.2) is 12.8 Å². The van der Waals surface area contributed by atoms with E-state index in [-0.39, 0.29) is 0 Å². The van der Waals surface area contributed by atoms with E-state index in [4.69, 9.17) is 14.2 Å². The van der Waals surface area contributed by atoms with Gasteiger partial charge in [0.05, 0.1) is 12.8 Å². The van der Waals surface area contributed by atoms with Gasteiger partial charge in [0.2, 0.25) is 5.88 Å². The average molecular weight is 383 g/mol. The van der Waals surface area contributed by atoms with Crippen molar-refractivity contribution in [3.63, 3.8) is 0 Å². The van der Waals surface area contributed by atoms with Crippen molar-refractivity contribution in [3.05, 3.63) is 108 Å². The molecule has 0 N–H and O–H groups in total. The van der Waals surface area contributed by atoms with Crippen LogP contribution in [0.3, 0.4) is 0 Å². The zero-order valence-corrected chi connectivity index (χ0v) is 16.3. The Morgan fingerprint density at radius 1 is 0.786 bits per heavy atom. The number of hydrogen-bond donors (Lipinski definition) is 0. The number of nitriles is 1. The lowest BCUT2D eigenvalue weighted by Crippen LogP contribution is -2.21. The Labute approximate surface area is 164 Å². The highest BCUT2D eigenvalue weighted by atomic mass is 31.2. The molecule has 5 heteroatoms. The van der Waals surface area contributed by atoms with Gasteiger partial charge in [0.25, 0.3) is 0 Å². The minimum Gasteiger partial charge on any atom is -0.480 e. The number of rotatable bonds is 4. The van der Waals surface area contributed by atoms with Crippen LogP contribution >= 0.6 is 7.21 Å². The summed E-state index contributed by atoms with van der Waals surface area (Å²) in [6.07, 6.45) is 0. The van der Waals surface area contributed by atoms with Gasteiger partial charge in [0.15, 0.2) is 0 Å². The molecule has 0 unspecified atom stereocenters. The van der Waals surface area contributed by atoms with Crippen molar-refractivity contribution in [2.75, 3.05) is 7.11 Å². The molecule has 0 bridgehead atoms. The normalized spacial score (nSPS) is 15.2. The van der Waals surface area contributed by atoms with Gasteiger partial charge in [-0.05, 0) is 0 Å². The zero-order chi connectivity index (χ0) is 19.4. The Morgan fingerprint density at radius 2 is 1.29 bits per heavy atom. The first-order valence-corrected chi connectivity index (χ1v) is 10.6. The second-order valence-corrected chi connectivity index (χ2v) is 8.82. The van der Waals surface area contributed by atoms with E-state index in [2.05, 4.69) is 6.07 Å². The van der Waals surface area contributed by atoms with Crippen LogP contribution in [0.2, 0.25) is 0 Å². The lowest BCUT2D eigenvalue weighted by atomic mass is 10.0. The maximum atomic E-state index is 9.82. The lowest BCUT2D eigenvalue weighted by Gasteiger charge is -2.27. The monoisotopic (exact) mass is 383 g/mol. The van der Waals surface area contributed by atoms with E-state index in [1.54, 1.807) is 7.11 Å². The highest BCUT2D eigenvalue weighted by Gasteiger charge is 2.32. The predicted molar refractivity (Wildman–Crippen MR) is 114 cm³/mol. The van der Waals surface area contributed by atoms with Crippen LogP contribution < -0.4 is 10.6 Å². The molecule has 0 aliphatic carbocycles. The number of methoxy groups -OCH3 is 1. The smallest absolute Gasteiger partial charge is 0.234 e. The van der Waals surface area contributed by atoms with Crippen LogP contribution in [0.4, 0.5) is 0 Å². The highest BCUT2D eigenvalue weighted by molar-refractivity contribution is 7.80. The molecular weight excluding hydrogens is 365 g/mol. The third-order valence-corrected chi connectivity index (χ3v) is 7.51. The van der Waals surface area contributed by atoms with Crippen LogP contribution in [0.25, 0.3) is 0 Å². The molecule has 0 amide bonds. The quantitative estimate of drug-likeness (QED) is 0.617. The summed E-state index contributed by atoms with van der Waals surface area (Å²) >= 11 is 0. The Bertz CT molecular complexity index is 1100. The molecule has 28 heavy (non-hydrogen) atoms. The zero-order valence-electron chi connectivity index (χ0n) is 15.4. The summed E-state index contributed by atoms with van der Waals surface area (Å²) in [4.78, 5) is 0. The van der Waals surface area contributed by atoms with Crippen molar-refractivity contribution >= 4 is 23.5 Å². The highest BCUT2D eigenvalue weighted by Crippen LogP contribution is 2.53. The Balaban J connectivity index is 2.12. The van der Waals surface area contributed by atoms with E-state index in [1.807, 2.05) is 91.0 Å². The predicted octanol–water partition coefficient (Wildman–Crippen LogP) is 4.64. The van der Waals surface area contributed by atoms with Gasteiger partial charge in [-0.2, -0.15) is 10.0 Å². The molecule has 0 radical (unpaired) electrons. The third-order valence-electron chi connectivity index (χ3n) is 4.52. The molecule has 0 saturated heterocycles. The fraction of sp³-hybridized carbons (Fsp3) is 0.0435. The minimum absolute atomic E-state index is 0.331. The van der Waals surface area contributed by atoms with Gasteiger partial charge in [0.1, 0.15) is 18.8 Å². The van der Waals surface area contributed by atoms with Gasteiger partial charge < -0.3 is 4.74 Å². The van der Waals surface area contributed by atoms with Crippen molar-refractivity contribution in [2.45, 2.75) is 0 Å². The first-order valence-electron chi connectivity index (χ1n) is 8.86. The Morgan fingerprint density at radius 3 is 1.75 bits per heavy atom. The summed E-state index contributed by atoms with van der Waals surface area (Å²) in [6.45, 7) is 0. The maximum Gasteiger partial charge on any atom is 0.234 e. The number of nitrogens with zero attached hydrogens (tertiary/aromatic N) is 3. The topological polar surface area (TPSA) is 57.7 Å². The first kappa shape index (κ1) is 18.0. The van der Waals surface area contributed by atoms with Gasteiger partial charge in [-0.15, -0.1) is 0 Å². The summed E-state index contributed by atoms with van der Waals surface area (Å²) in [7, 11) is -1.01. The second kappa shape index (κ2) is 7.68. The summed E-state index contributed by atoms with van der Waals surface area (Å²) in [5.41, 5.74) is 1.85. The van der Waals surface area contributed by atoms with Crippen LogP contribution in [0, 0.1) is 11.3 Å². The molecule has 0 fully saturated rings. The maximum absolute atomic E-state index is 9.82. The van der Waals surface area contributed by atoms with Crippen LogP contribution in [-0.2, 0) is 4.74 Å². The van der Waals surface area contributed by atoms with Gasteiger partial charge in [-0.1, -0.05) is 91.0 Å². The van der Waals surface area contributed by atoms with Crippen molar-refractivity contribution in [3.8, 4) is 6.07 Å². The van der Waals surface area contributed by atoms with E-state index >= 15 is 0 Å². The van der Waals surface area contributed by atoms with E-state index in [0.29, 0.717) is 17.2 Å². The van der Waals surface area contributed by atoms with E-state index < -0.39 is 7.21 Å². The fourth-order valence-corrected chi connectivity index (χ4v) is 6.12. The molecule has 0 atom stereocenters. The molecule has 4 rings (SSSR count). The average Bonchev–Trinajstić information content (AvgIpc) is 2.79. The van der Waals surface area contributed by atoms with E-state index in [0.717, 1.165) is 16.2 Å². The van der Waals surface area contributed by atoms with Crippen molar-refractivity contribution < 1.29 is 4.74 Å². The molecule has 3 aromatic rings. The van der Waals surface area contributed by atoms with Crippen molar-refractivity contribution in [1.82, 2.24) is 0 Å². The molecule has 4 nitrogen and oxygen atoms in total. The molecule has 1 aliphatic heterocycles. The number of benzene rings is 3. The standard InChI is InChI=1S/C23H18N3OP/c1-27-23-21(17-24)22(18-11-5-2-6-12-18)25-28(26-23,19-13-7-3-8-14-19)20-15-9-4-10-16-20/h2-16H,1H3. The number of ether oxygens (including phenoxy) is 1. The lowest BCUT2D eigenvalue weighted by molar-refractivity contribution is 0.288. The molecule has 136 valence electrons. The molecule has 0 spiro atoms. The van der Waals surface area contributed by atoms with Crippen LogP contribution in [0.5, 0.6) is 0 Å². The van der Waals surface area contributed by atoms with Gasteiger partial charge in [-0.3, -0.25) is 0 Å².